The maximum Gasteiger partial charge on any atom is 0.247 e. The van der Waals surface area contributed by atoms with Gasteiger partial charge >= 0.3 is 0 Å². The number of nitrogens with one attached hydrogen (secondary N) is 6. The van der Waals surface area contributed by atoms with E-state index in [0.717, 1.165) is 5.56 Å². The average Bonchev–Trinajstić information content (AvgIpc) is 2.95. The van der Waals surface area contributed by atoms with Crippen molar-refractivity contribution in [3.8, 4) is 5.75 Å². The molecule has 4 atom stereocenters. The van der Waals surface area contributed by atoms with E-state index in [1.807, 2.05) is 13.8 Å². The smallest absolute Gasteiger partial charge is 0.247 e. The van der Waals surface area contributed by atoms with Gasteiger partial charge in [0.2, 0.25) is 23.6 Å². The molecule has 14 nitrogen and oxygen atoms in total. The molecular formula is C28H46N8O6. The first-order chi connectivity index (χ1) is 20.0. The number of carbonyl (C=O) groups excluding carboxylic acids is 4. The molecule has 42 heavy (non-hydrogen) atoms. The molecule has 0 aliphatic carbocycles. The molecule has 234 valence electrons. The summed E-state index contributed by atoms with van der Waals surface area (Å²) >= 11 is 0. The fourth-order valence-corrected chi connectivity index (χ4v) is 4.89. The van der Waals surface area contributed by atoms with Crippen LogP contribution in [0.15, 0.2) is 24.3 Å². The molecule has 2 aliphatic rings. The van der Waals surface area contributed by atoms with Crippen molar-refractivity contribution in [1.82, 2.24) is 26.7 Å². The third-order valence-corrected chi connectivity index (χ3v) is 6.98. The molecule has 0 saturated heterocycles. The predicted molar refractivity (Wildman–Crippen MR) is 156 cm³/mol. The van der Waals surface area contributed by atoms with E-state index in [4.69, 9.17) is 21.6 Å². The molecule has 2 aliphatic heterocycles. The van der Waals surface area contributed by atoms with Crippen LogP contribution in [0.1, 0.15) is 51.5 Å². The van der Waals surface area contributed by atoms with Crippen LogP contribution in [0.4, 0.5) is 0 Å². The van der Waals surface area contributed by atoms with Gasteiger partial charge in [0.05, 0.1) is 12.5 Å². The zero-order valence-corrected chi connectivity index (χ0v) is 24.4. The van der Waals surface area contributed by atoms with E-state index < -0.39 is 47.5 Å². The van der Waals surface area contributed by atoms with Crippen LogP contribution in [0.5, 0.6) is 5.75 Å². The number of hydroxylamine groups is 1. The second-order valence-corrected chi connectivity index (χ2v) is 10.8. The maximum atomic E-state index is 13.7. The number of benzene rings is 1. The number of hydrogen-bond acceptors (Lipinski definition) is 8. The van der Waals surface area contributed by atoms with Gasteiger partial charge in [0.1, 0.15) is 17.8 Å². The molecule has 4 amide bonds. The van der Waals surface area contributed by atoms with Gasteiger partial charge in [-0.05, 0) is 55.7 Å². The van der Waals surface area contributed by atoms with Crippen LogP contribution in [-0.4, -0.2) is 73.1 Å². The van der Waals surface area contributed by atoms with Gasteiger partial charge in [-0.1, -0.05) is 26.0 Å². The number of nitrogens with two attached hydrogens (primary N) is 2. The highest BCUT2D eigenvalue weighted by Crippen LogP contribution is 2.27. The Bertz CT molecular complexity index is 1050. The monoisotopic (exact) mass is 590 g/mol. The molecular weight excluding hydrogens is 544 g/mol. The summed E-state index contributed by atoms with van der Waals surface area (Å²) in [5.41, 5.74) is 13.3. The highest BCUT2D eigenvalue weighted by Gasteiger charge is 2.36. The van der Waals surface area contributed by atoms with Gasteiger partial charge in [-0.2, -0.15) is 0 Å². The highest BCUT2D eigenvalue weighted by atomic mass is 16.5. The molecule has 0 radical (unpaired) electrons. The number of guanidine groups is 1. The van der Waals surface area contributed by atoms with Crippen LogP contribution in [0.2, 0.25) is 0 Å². The lowest BCUT2D eigenvalue weighted by Gasteiger charge is -2.29. The number of hydrogen-bond donors (Lipinski definition) is 9. The largest absolute Gasteiger partial charge is 0.494 e. The van der Waals surface area contributed by atoms with E-state index >= 15 is 0 Å². The van der Waals surface area contributed by atoms with Crippen molar-refractivity contribution in [3.63, 3.8) is 0 Å². The Kier molecular flexibility index (Phi) is 14.5. The lowest BCUT2D eigenvalue weighted by molar-refractivity contribution is -0.142. The van der Waals surface area contributed by atoms with Crippen molar-refractivity contribution in [2.45, 2.75) is 64.5 Å². The highest BCUT2D eigenvalue weighted by molar-refractivity contribution is 5.94. The first kappa shape index (κ1) is 34.3. The average molecular weight is 591 g/mol. The van der Waals surface area contributed by atoms with E-state index in [9.17, 15) is 24.4 Å². The Labute approximate surface area is 246 Å². The summed E-state index contributed by atoms with van der Waals surface area (Å²) in [6.07, 6.45) is 1.87. The summed E-state index contributed by atoms with van der Waals surface area (Å²) in [5, 5.41) is 27.7. The van der Waals surface area contributed by atoms with Gasteiger partial charge in [-0.3, -0.25) is 29.8 Å². The van der Waals surface area contributed by atoms with Gasteiger partial charge in [0.15, 0.2) is 5.96 Å². The van der Waals surface area contributed by atoms with E-state index in [2.05, 4.69) is 21.3 Å². The number of fused-ring (bicyclic) bond motifs is 11. The van der Waals surface area contributed by atoms with Crippen LogP contribution in [0.25, 0.3) is 0 Å². The number of amides is 4. The van der Waals surface area contributed by atoms with Gasteiger partial charge in [-0.25, -0.2) is 5.48 Å². The van der Waals surface area contributed by atoms with E-state index in [1.54, 1.807) is 29.7 Å². The van der Waals surface area contributed by atoms with E-state index in [-0.39, 0.29) is 44.2 Å². The summed E-state index contributed by atoms with van der Waals surface area (Å²) in [6, 6.07) is 5.14. The molecule has 3 rings (SSSR count). The Morgan fingerprint density at radius 1 is 1.14 bits per heavy atom. The Morgan fingerprint density at radius 3 is 2.48 bits per heavy atom. The van der Waals surface area contributed by atoms with E-state index in [0.29, 0.717) is 38.2 Å². The number of carbonyl (C=O) groups is 4. The number of ether oxygens (including phenoxy) is 1. The zero-order valence-electron chi connectivity index (χ0n) is 24.4. The first-order valence-corrected chi connectivity index (χ1v) is 14.4. The second kappa shape index (κ2) is 17.8. The van der Waals surface area contributed by atoms with Gasteiger partial charge < -0.3 is 37.5 Å². The van der Waals surface area contributed by atoms with Crippen molar-refractivity contribution < 1.29 is 29.1 Å². The summed E-state index contributed by atoms with van der Waals surface area (Å²) in [6.45, 7) is 4.93. The van der Waals surface area contributed by atoms with Crippen molar-refractivity contribution >= 4 is 29.6 Å². The summed E-state index contributed by atoms with van der Waals surface area (Å²) < 4.78 is 5.80. The molecule has 0 saturated carbocycles. The third kappa shape index (κ3) is 11.5. The third-order valence-electron chi connectivity index (χ3n) is 6.98. The molecule has 1 aromatic carbocycles. The Morgan fingerprint density at radius 2 is 1.86 bits per heavy atom. The van der Waals surface area contributed by atoms with Gasteiger partial charge in [-0.15, -0.1) is 0 Å². The van der Waals surface area contributed by atoms with Crippen LogP contribution < -0.4 is 43.0 Å². The summed E-state index contributed by atoms with van der Waals surface area (Å²) in [7, 11) is 0. The van der Waals surface area contributed by atoms with Crippen molar-refractivity contribution in [3.05, 3.63) is 29.8 Å². The lowest BCUT2D eigenvalue weighted by Crippen LogP contribution is -2.56. The first-order valence-electron chi connectivity index (χ1n) is 14.4. The quantitative estimate of drug-likeness (QED) is 0.0501. The molecule has 1 aromatic rings. The molecule has 1 unspecified atom stereocenters. The topological polar surface area (TPSA) is 234 Å². The fraction of sp³-hybridized carbons (Fsp3) is 0.607. The standard InChI is InChI=1S/C28H46N8O6/c1-17(2)15-21-20(25(38)36-41)5-4-14-42-19-9-7-18(8-10-19)16-23(35-24(21)37)27(40)34-22(26(39)32-13-11-29)6-3-12-33-28(30)31/h7-10,17,20-23,41H,3-6,11-16,29H2,1-2H3,(H,32,39)(H,34,40)(H,35,37)(H,36,38)(H4,30,31,33)/t20?,21-,22+,23+/m1/s1. The van der Waals surface area contributed by atoms with E-state index in [1.165, 1.54) is 0 Å². The Balaban J connectivity index is 2.37. The minimum Gasteiger partial charge on any atom is -0.494 e. The summed E-state index contributed by atoms with van der Waals surface area (Å²) in [4.78, 5) is 53.0. The number of rotatable bonds is 12. The minimum atomic E-state index is -1.07. The summed E-state index contributed by atoms with van der Waals surface area (Å²) in [5.74, 6) is -3.38. The van der Waals surface area contributed by atoms with Gasteiger partial charge in [0.25, 0.3) is 0 Å². The second-order valence-electron chi connectivity index (χ2n) is 10.8. The molecule has 0 spiro atoms. The molecule has 2 heterocycles. The molecule has 14 heteroatoms. The molecule has 11 N–H and O–H groups in total. The Hall–Kier alpha value is -3.91. The minimum absolute atomic E-state index is 0.0446. The molecule has 0 aromatic heterocycles. The molecule has 2 bridgehead atoms. The fourth-order valence-electron chi connectivity index (χ4n) is 4.89. The SMILES string of the molecule is CC(C)C[C@H]1C(=O)N[C@H](C(=O)N[C@@H](CCCNC(=N)N)C(=O)NCCN)Cc2ccc(cc2)OCCCC1C(=O)NO. The predicted octanol–water partition coefficient (Wildman–Crippen LogP) is -0.507. The van der Waals surface area contributed by atoms with Crippen molar-refractivity contribution in [1.29, 1.82) is 5.41 Å². The van der Waals surface area contributed by atoms with Crippen LogP contribution in [0, 0.1) is 23.2 Å². The lowest BCUT2D eigenvalue weighted by atomic mass is 9.81. The normalized spacial score (nSPS) is 19.9. The van der Waals surface area contributed by atoms with Crippen LogP contribution in [0.3, 0.4) is 0 Å². The maximum absolute atomic E-state index is 13.7. The van der Waals surface area contributed by atoms with Gasteiger partial charge in [0, 0.05) is 32.0 Å². The van der Waals surface area contributed by atoms with Crippen molar-refractivity contribution in [2.75, 3.05) is 26.2 Å². The molecule has 0 fully saturated rings. The van der Waals surface area contributed by atoms with Crippen LogP contribution >= 0.6 is 0 Å². The van der Waals surface area contributed by atoms with Crippen LogP contribution in [-0.2, 0) is 25.6 Å². The van der Waals surface area contributed by atoms with Crippen molar-refractivity contribution in [2.24, 2.45) is 29.2 Å². The zero-order chi connectivity index (χ0) is 31.1.